The third-order valence-electron chi connectivity index (χ3n) is 3.39. The highest BCUT2D eigenvalue weighted by atomic mass is 19.4. The molecule has 0 aliphatic carbocycles. The van der Waals surface area contributed by atoms with Gasteiger partial charge in [0, 0.05) is 6.54 Å². The van der Waals surface area contributed by atoms with E-state index in [4.69, 9.17) is 5.73 Å². The quantitative estimate of drug-likeness (QED) is 0.840. The van der Waals surface area contributed by atoms with E-state index in [1.165, 1.54) is 0 Å². The lowest BCUT2D eigenvalue weighted by molar-refractivity contribution is -0.162. The van der Waals surface area contributed by atoms with Crippen molar-refractivity contribution in [3.63, 3.8) is 0 Å². The number of aryl methyl sites for hydroxylation is 1. The molecule has 0 saturated heterocycles. The van der Waals surface area contributed by atoms with Crippen LogP contribution in [0.15, 0.2) is 24.3 Å². The van der Waals surface area contributed by atoms with Crippen molar-refractivity contribution in [3.8, 4) is 0 Å². The second-order valence-corrected chi connectivity index (χ2v) is 5.51. The maximum absolute atomic E-state index is 12.7. The Morgan fingerprint density at radius 2 is 1.86 bits per heavy atom. The van der Waals surface area contributed by atoms with Gasteiger partial charge in [0.25, 0.3) is 0 Å². The molecule has 2 N–H and O–H groups in total. The largest absolute Gasteiger partial charge is 0.406 e. The van der Waals surface area contributed by atoms with Crippen LogP contribution in [-0.4, -0.2) is 36.1 Å². The SMILES string of the molecule is CCCC(N)C(=O)N(CCc1ccc(C)cc1)CC(F)(F)F. The third kappa shape index (κ3) is 6.47. The fraction of sp³-hybridized carbons (Fsp3) is 0.562. The van der Waals surface area contributed by atoms with Crippen molar-refractivity contribution in [2.45, 2.75) is 45.3 Å². The number of nitrogens with two attached hydrogens (primary N) is 1. The van der Waals surface area contributed by atoms with Gasteiger partial charge in [-0.3, -0.25) is 4.79 Å². The van der Waals surface area contributed by atoms with Gasteiger partial charge in [0.15, 0.2) is 0 Å². The van der Waals surface area contributed by atoms with Gasteiger partial charge in [-0.2, -0.15) is 13.2 Å². The van der Waals surface area contributed by atoms with E-state index in [9.17, 15) is 18.0 Å². The fourth-order valence-electron chi connectivity index (χ4n) is 2.17. The first-order valence-corrected chi connectivity index (χ1v) is 7.39. The van der Waals surface area contributed by atoms with Gasteiger partial charge in [-0.1, -0.05) is 43.2 Å². The average molecular weight is 316 g/mol. The second-order valence-electron chi connectivity index (χ2n) is 5.51. The van der Waals surface area contributed by atoms with E-state index in [2.05, 4.69) is 0 Å². The Morgan fingerprint density at radius 1 is 1.27 bits per heavy atom. The van der Waals surface area contributed by atoms with Crippen molar-refractivity contribution in [2.75, 3.05) is 13.1 Å². The van der Waals surface area contributed by atoms with Crippen molar-refractivity contribution < 1.29 is 18.0 Å². The zero-order valence-corrected chi connectivity index (χ0v) is 13.0. The maximum Gasteiger partial charge on any atom is 0.406 e. The highest BCUT2D eigenvalue weighted by Crippen LogP contribution is 2.18. The van der Waals surface area contributed by atoms with Crippen LogP contribution in [0.3, 0.4) is 0 Å². The first kappa shape index (κ1) is 18.5. The van der Waals surface area contributed by atoms with Crippen LogP contribution in [0.5, 0.6) is 0 Å². The monoisotopic (exact) mass is 316 g/mol. The molecule has 1 unspecified atom stereocenters. The van der Waals surface area contributed by atoms with E-state index in [-0.39, 0.29) is 6.54 Å². The van der Waals surface area contributed by atoms with E-state index >= 15 is 0 Å². The predicted molar refractivity (Wildman–Crippen MR) is 80.4 cm³/mol. The summed E-state index contributed by atoms with van der Waals surface area (Å²) in [6, 6.07) is 6.64. The van der Waals surface area contributed by atoms with E-state index in [1.807, 2.05) is 38.1 Å². The molecule has 0 fully saturated rings. The minimum atomic E-state index is -4.42. The van der Waals surface area contributed by atoms with E-state index in [0.29, 0.717) is 19.3 Å². The van der Waals surface area contributed by atoms with Crippen LogP contribution in [0.2, 0.25) is 0 Å². The molecule has 1 aromatic carbocycles. The highest BCUT2D eigenvalue weighted by Gasteiger charge is 2.34. The molecule has 3 nitrogen and oxygen atoms in total. The van der Waals surface area contributed by atoms with E-state index < -0.39 is 24.7 Å². The molecule has 0 aliphatic rings. The predicted octanol–water partition coefficient (Wildman–Crippen LogP) is 3.06. The number of hydrogen-bond donors (Lipinski definition) is 1. The van der Waals surface area contributed by atoms with E-state index in [1.54, 1.807) is 0 Å². The van der Waals surface area contributed by atoms with Gasteiger partial charge in [0.1, 0.15) is 6.54 Å². The summed E-state index contributed by atoms with van der Waals surface area (Å²) in [5, 5.41) is 0. The molecule has 0 heterocycles. The number of carbonyl (C=O) groups excluding carboxylic acids is 1. The molecule has 0 radical (unpaired) electrons. The molecule has 6 heteroatoms. The zero-order valence-electron chi connectivity index (χ0n) is 13.0. The fourth-order valence-corrected chi connectivity index (χ4v) is 2.17. The first-order valence-electron chi connectivity index (χ1n) is 7.39. The minimum Gasteiger partial charge on any atom is -0.332 e. The summed E-state index contributed by atoms with van der Waals surface area (Å²) >= 11 is 0. The number of halogens is 3. The molecule has 1 rings (SSSR count). The molecule has 0 saturated carbocycles. The zero-order chi connectivity index (χ0) is 16.8. The van der Waals surface area contributed by atoms with Gasteiger partial charge in [-0.05, 0) is 25.3 Å². The van der Waals surface area contributed by atoms with Crippen LogP contribution in [0, 0.1) is 6.92 Å². The summed E-state index contributed by atoms with van der Waals surface area (Å²) in [7, 11) is 0. The Morgan fingerprint density at radius 3 is 2.36 bits per heavy atom. The number of amides is 1. The molecule has 1 atom stereocenters. The summed E-state index contributed by atoms with van der Waals surface area (Å²) < 4.78 is 38.0. The average Bonchev–Trinajstić information content (AvgIpc) is 2.43. The van der Waals surface area contributed by atoms with Crippen LogP contribution in [0.4, 0.5) is 13.2 Å². The molecule has 0 aromatic heterocycles. The van der Waals surface area contributed by atoms with Crippen molar-refractivity contribution >= 4 is 5.91 Å². The third-order valence-corrected chi connectivity index (χ3v) is 3.39. The molecule has 22 heavy (non-hydrogen) atoms. The summed E-state index contributed by atoms with van der Waals surface area (Å²) in [5.74, 6) is -0.633. The molecule has 0 bridgehead atoms. The lowest BCUT2D eigenvalue weighted by Crippen LogP contribution is -2.48. The molecule has 0 aliphatic heterocycles. The van der Waals surface area contributed by atoms with Crippen LogP contribution in [0.25, 0.3) is 0 Å². The van der Waals surface area contributed by atoms with Crippen molar-refractivity contribution in [1.29, 1.82) is 0 Å². The Kier molecular flexibility index (Phi) is 6.87. The van der Waals surface area contributed by atoms with Gasteiger partial charge in [0.2, 0.25) is 5.91 Å². The molecular formula is C16H23F3N2O. The van der Waals surface area contributed by atoms with Crippen molar-refractivity contribution in [2.24, 2.45) is 5.73 Å². The summed E-state index contributed by atoms with van der Waals surface area (Å²) in [4.78, 5) is 12.9. The topological polar surface area (TPSA) is 46.3 Å². The summed E-state index contributed by atoms with van der Waals surface area (Å²) in [5.41, 5.74) is 7.66. The van der Waals surface area contributed by atoms with Gasteiger partial charge in [0.05, 0.1) is 6.04 Å². The van der Waals surface area contributed by atoms with Crippen molar-refractivity contribution in [1.82, 2.24) is 4.90 Å². The Bertz CT molecular complexity index is 471. The van der Waals surface area contributed by atoms with Gasteiger partial charge in [-0.15, -0.1) is 0 Å². The number of alkyl halides is 3. The number of benzene rings is 1. The number of nitrogens with zero attached hydrogens (tertiary/aromatic N) is 1. The number of carbonyl (C=O) groups is 1. The van der Waals surface area contributed by atoms with Crippen LogP contribution in [0.1, 0.15) is 30.9 Å². The van der Waals surface area contributed by atoms with Gasteiger partial charge in [-0.25, -0.2) is 0 Å². The van der Waals surface area contributed by atoms with E-state index in [0.717, 1.165) is 16.0 Å². The molecule has 1 aromatic rings. The smallest absolute Gasteiger partial charge is 0.332 e. The Balaban J connectivity index is 2.73. The highest BCUT2D eigenvalue weighted by molar-refractivity contribution is 5.81. The Hall–Kier alpha value is -1.56. The lowest BCUT2D eigenvalue weighted by Gasteiger charge is -2.26. The van der Waals surface area contributed by atoms with Gasteiger partial charge < -0.3 is 10.6 Å². The van der Waals surface area contributed by atoms with Gasteiger partial charge >= 0.3 is 6.18 Å². The minimum absolute atomic E-state index is 0.0127. The van der Waals surface area contributed by atoms with Crippen LogP contribution < -0.4 is 5.73 Å². The first-order chi connectivity index (χ1) is 10.2. The van der Waals surface area contributed by atoms with Crippen LogP contribution in [-0.2, 0) is 11.2 Å². The normalized spacial score (nSPS) is 13.0. The molecule has 1 amide bonds. The molecule has 124 valence electrons. The number of hydrogen-bond acceptors (Lipinski definition) is 2. The second kappa shape index (κ2) is 8.17. The lowest BCUT2D eigenvalue weighted by atomic mass is 10.1. The van der Waals surface area contributed by atoms with Crippen molar-refractivity contribution in [3.05, 3.63) is 35.4 Å². The molecule has 0 spiro atoms. The summed E-state index contributed by atoms with van der Waals surface area (Å²) in [6.07, 6.45) is -3.00. The Labute approximate surface area is 129 Å². The molecular weight excluding hydrogens is 293 g/mol. The summed E-state index contributed by atoms with van der Waals surface area (Å²) in [6.45, 7) is 2.54. The number of rotatable bonds is 7. The maximum atomic E-state index is 12.7. The van der Waals surface area contributed by atoms with Crippen LogP contribution >= 0.6 is 0 Å². The standard InChI is InChI=1S/C16H23F3N2O/c1-3-4-14(20)15(22)21(11-16(17,18)19)10-9-13-7-5-12(2)6-8-13/h5-8,14H,3-4,9-11,20H2,1-2H3.